The van der Waals surface area contributed by atoms with E-state index in [-0.39, 0.29) is 12.1 Å². The topological polar surface area (TPSA) is 58.4 Å². The summed E-state index contributed by atoms with van der Waals surface area (Å²) >= 11 is 0. The number of likely N-dealkylation sites (tertiary alicyclic amines) is 1. The van der Waals surface area contributed by atoms with Crippen molar-refractivity contribution < 1.29 is 9.32 Å². The number of aromatic nitrogens is 1. The molecule has 1 aromatic carbocycles. The molecule has 0 spiro atoms. The number of anilines is 1. The lowest BCUT2D eigenvalue weighted by Crippen LogP contribution is -2.53. The van der Waals surface area contributed by atoms with Crippen LogP contribution in [0.15, 0.2) is 34.9 Å². The van der Waals surface area contributed by atoms with Crippen molar-refractivity contribution in [2.24, 2.45) is 5.92 Å². The molecule has 2 atom stereocenters. The van der Waals surface area contributed by atoms with Crippen LogP contribution in [0.2, 0.25) is 0 Å². The van der Waals surface area contributed by atoms with Gasteiger partial charge < -0.3 is 14.7 Å². The Bertz CT molecular complexity index is 666. The van der Waals surface area contributed by atoms with Crippen molar-refractivity contribution in [2.45, 2.75) is 33.2 Å². The smallest absolute Gasteiger partial charge is 0.322 e. The third-order valence-electron chi connectivity index (χ3n) is 4.26. The molecule has 1 aliphatic rings. The molecule has 1 N–H and O–H groups in total. The van der Waals surface area contributed by atoms with Crippen LogP contribution in [0.1, 0.15) is 36.9 Å². The molecule has 2 aromatic rings. The Morgan fingerprint density at radius 2 is 2.14 bits per heavy atom. The van der Waals surface area contributed by atoms with Crippen molar-refractivity contribution in [1.82, 2.24) is 10.1 Å². The normalized spacial score (nSPS) is 20.6. The molecule has 1 fully saturated rings. The molecule has 2 amide bonds. The van der Waals surface area contributed by atoms with Crippen molar-refractivity contribution in [3.05, 3.63) is 47.3 Å². The zero-order chi connectivity index (χ0) is 15.7. The maximum absolute atomic E-state index is 12.6. The Morgan fingerprint density at radius 1 is 1.41 bits per heavy atom. The minimum Gasteiger partial charge on any atom is -0.359 e. The summed E-state index contributed by atoms with van der Waals surface area (Å²) in [5.41, 5.74) is 2.67. The summed E-state index contributed by atoms with van der Waals surface area (Å²) in [6.45, 7) is 6.74. The second-order valence-electron chi connectivity index (χ2n) is 5.83. The standard InChI is InChI=1S/C17H21N3O2/c1-4-14-15(12(3)22-19-14)18-17(21)20-10-11(2)16(20)13-8-6-5-7-9-13/h5-9,11,16H,4,10H2,1-3H3,(H,18,21)/t11-,16+/m0/s1. The molecule has 1 saturated heterocycles. The maximum atomic E-state index is 12.6. The molecule has 0 bridgehead atoms. The number of aryl methyl sites for hydroxylation is 2. The number of rotatable bonds is 3. The van der Waals surface area contributed by atoms with Gasteiger partial charge in [0.1, 0.15) is 11.4 Å². The van der Waals surface area contributed by atoms with Gasteiger partial charge in [0.25, 0.3) is 0 Å². The highest BCUT2D eigenvalue weighted by Crippen LogP contribution is 2.38. The highest BCUT2D eigenvalue weighted by atomic mass is 16.5. The minimum atomic E-state index is -0.0899. The van der Waals surface area contributed by atoms with Crippen LogP contribution in [0.25, 0.3) is 0 Å². The predicted molar refractivity (Wildman–Crippen MR) is 84.7 cm³/mol. The number of benzene rings is 1. The van der Waals surface area contributed by atoms with Crippen molar-refractivity contribution in [3.8, 4) is 0 Å². The van der Waals surface area contributed by atoms with Gasteiger partial charge in [-0.25, -0.2) is 4.79 Å². The van der Waals surface area contributed by atoms with Gasteiger partial charge >= 0.3 is 6.03 Å². The van der Waals surface area contributed by atoms with Gasteiger partial charge in [0.15, 0.2) is 5.76 Å². The van der Waals surface area contributed by atoms with Crippen molar-refractivity contribution in [3.63, 3.8) is 0 Å². The van der Waals surface area contributed by atoms with Crippen LogP contribution in [-0.4, -0.2) is 22.6 Å². The molecule has 0 aliphatic carbocycles. The first-order valence-electron chi connectivity index (χ1n) is 7.69. The molecule has 116 valence electrons. The average Bonchev–Trinajstić information content (AvgIpc) is 2.86. The van der Waals surface area contributed by atoms with E-state index in [0.717, 1.165) is 18.7 Å². The quantitative estimate of drug-likeness (QED) is 0.938. The summed E-state index contributed by atoms with van der Waals surface area (Å²) in [5, 5.41) is 6.94. The first-order valence-corrected chi connectivity index (χ1v) is 7.69. The summed E-state index contributed by atoms with van der Waals surface area (Å²) in [4.78, 5) is 14.5. The van der Waals surface area contributed by atoms with Crippen LogP contribution in [0.5, 0.6) is 0 Å². The van der Waals surface area contributed by atoms with Gasteiger partial charge in [0.2, 0.25) is 0 Å². The van der Waals surface area contributed by atoms with Gasteiger partial charge in [-0.05, 0) is 24.8 Å². The van der Waals surface area contributed by atoms with E-state index in [2.05, 4.69) is 29.5 Å². The van der Waals surface area contributed by atoms with E-state index < -0.39 is 0 Å². The lowest BCUT2D eigenvalue weighted by molar-refractivity contribution is 0.0670. The number of hydrogen-bond donors (Lipinski definition) is 1. The Balaban J connectivity index is 1.77. The van der Waals surface area contributed by atoms with Gasteiger partial charge in [-0.2, -0.15) is 0 Å². The highest BCUT2D eigenvalue weighted by molar-refractivity contribution is 5.91. The zero-order valence-corrected chi connectivity index (χ0v) is 13.2. The zero-order valence-electron chi connectivity index (χ0n) is 13.2. The molecular formula is C17H21N3O2. The van der Waals surface area contributed by atoms with Crippen molar-refractivity contribution in [1.29, 1.82) is 0 Å². The second-order valence-corrected chi connectivity index (χ2v) is 5.83. The molecule has 0 radical (unpaired) electrons. The van der Waals surface area contributed by atoms with Crippen LogP contribution in [0.4, 0.5) is 10.5 Å². The van der Waals surface area contributed by atoms with Crippen molar-refractivity contribution >= 4 is 11.7 Å². The van der Waals surface area contributed by atoms with Crippen LogP contribution < -0.4 is 5.32 Å². The third kappa shape index (κ3) is 2.47. The number of nitrogens with zero attached hydrogens (tertiary/aromatic N) is 2. The first-order chi connectivity index (χ1) is 10.6. The number of carbonyl (C=O) groups is 1. The molecule has 2 heterocycles. The van der Waals surface area contributed by atoms with Crippen molar-refractivity contribution in [2.75, 3.05) is 11.9 Å². The largest absolute Gasteiger partial charge is 0.359 e. The second kappa shape index (κ2) is 5.83. The van der Waals surface area contributed by atoms with E-state index >= 15 is 0 Å². The lowest BCUT2D eigenvalue weighted by atomic mass is 9.85. The SMILES string of the molecule is CCc1noc(C)c1NC(=O)N1C[C@H](C)[C@@H]1c1ccccc1. The Labute approximate surface area is 130 Å². The number of hydrogen-bond acceptors (Lipinski definition) is 3. The van der Waals surface area contributed by atoms with Gasteiger partial charge in [0.05, 0.1) is 6.04 Å². The average molecular weight is 299 g/mol. The van der Waals surface area contributed by atoms with Gasteiger partial charge in [-0.3, -0.25) is 0 Å². The summed E-state index contributed by atoms with van der Waals surface area (Å²) in [5.74, 6) is 1.11. The molecule has 22 heavy (non-hydrogen) atoms. The van der Waals surface area contributed by atoms with Gasteiger partial charge in [-0.1, -0.05) is 49.3 Å². The third-order valence-corrected chi connectivity index (χ3v) is 4.26. The molecule has 1 aliphatic heterocycles. The first kappa shape index (κ1) is 14.6. The molecule has 5 heteroatoms. The molecule has 5 nitrogen and oxygen atoms in total. The summed E-state index contributed by atoms with van der Waals surface area (Å²) < 4.78 is 5.17. The molecule has 1 aromatic heterocycles. The van der Waals surface area contributed by atoms with Gasteiger partial charge in [0, 0.05) is 6.54 Å². The highest BCUT2D eigenvalue weighted by Gasteiger charge is 2.40. The molecular weight excluding hydrogens is 278 g/mol. The van der Waals surface area contributed by atoms with Crippen LogP contribution in [0, 0.1) is 12.8 Å². The number of nitrogens with one attached hydrogen (secondary N) is 1. The van der Waals surface area contributed by atoms with E-state index in [4.69, 9.17) is 4.52 Å². The number of amides is 2. The van der Waals surface area contributed by atoms with E-state index in [1.165, 1.54) is 5.56 Å². The summed E-state index contributed by atoms with van der Waals surface area (Å²) in [6.07, 6.45) is 0.728. The van der Waals surface area contributed by atoms with E-state index in [1.54, 1.807) is 0 Å². The molecule has 0 unspecified atom stereocenters. The maximum Gasteiger partial charge on any atom is 0.322 e. The Kier molecular flexibility index (Phi) is 3.88. The summed E-state index contributed by atoms with van der Waals surface area (Å²) in [6, 6.07) is 10.2. The fourth-order valence-electron chi connectivity index (χ4n) is 3.06. The van der Waals surface area contributed by atoms with E-state index in [1.807, 2.05) is 36.9 Å². The lowest BCUT2D eigenvalue weighted by Gasteiger charge is -2.46. The van der Waals surface area contributed by atoms with Crippen LogP contribution >= 0.6 is 0 Å². The summed E-state index contributed by atoms with van der Waals surface area (Å²) in [7, 11) is 0. The fraction of sp³-hybridized carbons (Fsp3) is 0.412. The van der Waals surface area contributed by atoms with Gasteiger partial charge in [-0.15, -0.1) is 0 Å². The van der Waals surface area contributed by atoms with E-state index in [9.17, 15) is 4.79 Å². The predicted octanol–water partition coefficient (Wildman–Crippen LogP) is 3.77. The fourth-order valence-corrected chi connectivity index (χ4v) is 3.06. The van der Waals surface area contributed by atoms with Crippen LogP contribution in [0.3, 0.4) is 0 Å². The Hall–Kier alpha value is -2.30. The number of carbonyl (C=O) groups excluding carboxylic acids is 1. The van der Waals surface area contributed by atoms with Crippen LogP contribution in [-0.2, 0) is 6.42 Å². The van der Waals surface area contributed by atoms with E-state index in [0.29, 0.717) is 17.4 Å². The number of urea groups is 1. The molecule has 3 rings (SSSR count). The Morgan fingerprint density at radius 3 is 2.77 bits per heavy atom. The minimum absolute atomic E-state index is 0.0899. The molecule has 0 saturated carbocycles. The monoisotopic (exact) mass is 299 g/mol.